The molecule has 5 rings (SSSR count). The molecule has 2 amide bonds. The first-order valence-corrected chi connectivity index (χ1v) is 12.5. The molecular weight excluding hydrogens is 541 g/mol. The summed E-state index contributed by atoms with van der Waals surface area (Å²) in [5, 5.41) is 28.6. The number of rotatable bonds is 8. The zero-order valence-corrected chi connectivity index (χ0v) is 21.6. The van der Waals surface area contributed by atoms with Crippen molar-refractivity contribution in [2.75, 3.05) is 23.8 Å². The second-order valence-corrected chi connectivity index (χ2v) is 9.04. The number of alkyl halides is 3. The van der Waals surface area contributed by atoms with Crippen LogP contribution in [0.25, 0.3) is 22.6 Å². The summed E-state index contributed by atoms with van der Waals surface area (Å²) < 4.78 is 49.5. The molecule has 0 fully saturated rings. The molecule has 13 heteroatoms. The second-order valence-electron chi connectivity index (χ2n) is 9.04. The van der Waals surface area contributed by atoms with Gasteiger partial charge in [0.05, 0.1) is 23.4 Å². The number of fused-ring (bicyclic) bond motifs is 1. The zero-order chi connectivity index (χ0) is 29.1. The number of anilines is 2. The molecule has 0 saturated heterocycles. The first-order valence-electron chi connectivity index (χ1n) is 12.5. The molecule has 3 heterocycles. The van der Waals surface area contributed by atoms with Gasteiger partial charge in [0.25, 0.3) is 0 Å². The van der Waals surface area contributed by atoms with Crippen LogP contribution >= 0.6 is 0 Å². The number of halogens is 3. The monoisotopic (exact) mass is 566 g/mol. The summed E-state index contributed by atoms with van der Waals surface area (Å²) in [6.45, 7) is 0.894. The van der Waals surface area contributed by atoms with Crippen molar-refractivity contribution >= 4 is 23.3 Å². The van der Waals surface area contributed by atoms with E-state index in [4.69, 9.17) is 9.84 Å². The van der Waals surface area contributed by atoms with Gasteiger partial charge >= 0.3 is 12.2 Å². The fraction of sp³-hybridized carbons (Fsp3) is 0.179. The van der Waals surface area contributed by atoms with E-state index in [0.717, 1.165) is 6.07 Å². The highest BCUT2D eigenvalue weighted by molar-refractivity contribution is 6.02. The highest BCUT2D eigenvalue weighted by Crippen LogP contribution is 2.37. The Hall–Kier alpha value is -4.88. The number of hydrogen-bond donors (Lipinski definition) is 4. The van der Waals surface area contributed by atoms with E-state index in [1.807, 2.05) is 0 Å². The predicted molar refractivity (Wildman–Crippen MR) is 145 cm³/mol. The Bertz CT molecular complexity index is 1670. The molecule has 0 aliphatic rings. The Kier molecular flexibility index (Phi) is 7.64. The molecular formula is C28H25F3N6O4. The van der Waals surface area contributed by atoms with Crippen LogP contribution in [0.15, 0.2) is 79.0 Å². The minimum Gasteiger partial charge on any atom is -0.474 e. The van der Waals surface area contributed by atoms with Gasteiger partial charge in [0.1, 0.15) is 30.0 Å². The first kappa shape index (κ1) is 27.7. The van der Waals surface area contributed by atoms with Crippen LogP contribution in [0, 0.1) is 6.92 Å². The number of urea groups is 1. The summed E-state index contributed by atoms with van der Waals surface area (Å²) in [5.74, 6) is 0.347. The van der Waals surface area contributed by atoms with Gasteiger partial charge in [-0.25, -0.2) is 14.5 Å². The van der Waals surface area contributed by atoms with E-state index >= 15 is 0 Å². The summed E-state index contributed by atoms with van der Waals surface area (Å²) in [7, 11) is 0. The lowest BCUT2D eigenvalue weighted by Crippen LogP contribution is -2.23. The van der Waals surface area contributed by atoms with E-state index in [2.05, 4.69) is 20.7 Å². The van der Waals surface area contributed by atoms with E-state index in [0.29, 0.717) is 16.8 Å². The summed E-state index contributed by atoms with van der Waals surface area (Å²) in [6.07, 6.45) is -4.41. The second kappa shape index (κ2) is 11.3. The van der Waals surface area contributed by atoms with Crippen molar-refractivity contribution < 1.29 is 32.9 Å². The summed E-state index contributed by atoms with van der Waals surface area (Å²) in [4.78, 5) is 17.7. The SMILES string of the molecule is Cc1c(OCC(O)CO)nn(-c2ccccc2)c1NC(=O)Nc1c(-c2ccccc2)nc2c(C(F)(F)F)cccn12. The standard InChI is InChI=1S/C28H25F3N6O4/c1-17-23(37(19-11-6-3-7-12-19)35-26(17)41-16-20(39)15-38)33-27(40)34-25-22(18-9-4-2-5-10-18)32-24-21(28(29,30)31)13-8-14-36(24)25/h2-14,20,38-39H,15-16H2,1H3,(H2,33,34,40). The molecule has 2 aromatic carbocycles. The number of carbonyl (C=O) groups is 1. The lowest BCUT2D eigenvalue weighted by atomic mass is 10.1. The van der Waals surface area contributed by atoms with Gasteiger partial charge in [-0.15, -0.1) is 5.10 Å². The van der Waals surface area contributed by atoms with Crippen molar-refractivity contribution in [3.8, 4) is 22.8 Å². The van der Waals surface area contributed by atoms with Crippen LogP contribution in [0.1, 0.15) is 11.1 Å². The maximum Gasteiger partial charge on any atom is 0.419 e. The lowest BCUT2D eigenvalue weighted by molar-refractivity contribution is -0.136. The highest BCUT2D eigenvalue weighted by Gasteiger charge is 2.35. The van der Waals surface area contributed by atoms with E-state index in [9.17, 15) is 23.1 Å². The third-order valence-corrected chi connectivity index (χ3v) is 6.17. The molecule has 0 saturated carbocycles. The van der Waals surface area contributed by atoms with Crippen molar-refractivity contribution in [1.82, 2.24) is 19.2 Å². The van der Waals surface area contributed by atoms with Crippen LogP contribution in [0.4, 0.5) is 29.6 Å². The van der Waals surface area contributed by atoms with Gasteiger partial charge in [-0.3, -0.25) is 15.0 Å². The maximum atomic E-state index is 13.8. The number of amides is 2. The number of aliphatic hydroxyl groups is 2. The third-order valence-electron chi connectivity index (χ3n) is 6.17. The van der Waals surface area contributed by atoms with Crippen molar-refractivity contribution in [2.45, 2.75) is 19.2 Å². The molecule has 0 spiro atoms. The van der Waals surface area contributed by atoms with Gasteiger partial charge in [0, 0.05) is 11.8 Å². The number of aliphatic hydroxyl groups excluding tert-OH is 2. The number of para-hydroxylation sites is 1. The highest BCUT2D eigenvalue weighted by atomic mass is 19.4. The Labute approximate surface area is 231 Å². The number of hydrogen-bond acceptors (Lipinski definition) is 6. The minimum absolute atomic E-state index is 0.0285. The average molecular weight is 567 g/mol. The van der Waals surface area contributed by atoms with Crippen LogP contribution in [0.5, 0.6) is 5.88 Å². The van der Waals surface area contributed by atoms with Crippen LogP contribution in [0.3, 0.4) is 0 Å². The van der Waals surface area contributed by atoms with Gasteiger partial charge in [-0.1, -0.05) is 48.5 Å². The van der Waals surface area contributed by atoms with Gasteiger partial charge in [0.15, 0.2) is 5.65 Å². The van der Waals surface area contributed by atoms with E-state index in [-0.39, 0.29) is 35.5 Å². The minimum atomic E-state index is -4.67. The van der Waals surface area contributed by atoms with Crippen molar-refractivity contribution in [2.24, 2.45) is 0 Å². The lowest BCUT2D eigenvalue weighted by Gasteiger charge is -2.12. The van der Waals surface area contributed by atoms with Crippen molar-refractivity contribution in [3.05, 3.63) is 90.1 Å². The summed E-state index contributed by atoms with van der Waals surface area (Å²) >= 11 is 0. The molecule has 0 aliphatic heterocycles. The number of nitrogens with zero attached hydrogens (tertiary/aromatic N) is 4. The maximum absolute atomic E-state index is 13.8. The largest absolute Gasteiger partial charge is 0.474 e. The average Bonchev–Trinajstić information content (AvgIpc) is 3.49. The number of pyridine rings is 1. The number of ether oxygens (including phenoxy) is 1. The zero-order valence-electron chi connectivity index (χ0n) is 21.6. The van der Waals surface area contributed by atoms with Gasteiger partial charge in [0.2, 0.25) is 5.88 Å². The quantitative estimate of drug-likeness (QED) is 0.212. The third kappa shape index (κ3) is 5.71. The molecule has 4 N–H and O–H groups in total. The number of carbonyl (C=O) groups excluding carboxylic acids is 1. The first-order chi connectivity index (χ1) is 19.7. The van der Waals surface area contributed by atoms with Gasteiger partial charge in [-0.2, -0.15) is 13.2 Å². The molecule has 212 valence electrons. The molecule has 10 nitrogen and oxygen atoms in total. The molecule has 0 aliphatic carbocycles. The Morgan fingerprint density at radius 1 is 1.00 bits per heavy atom. The predicted octanol–water partition coefficient (Wildman–Crippen LogP) is 4.89. The molecule has 0 bridgehead atoms. The number of aromatic nitrogens is 4. The Balaban J connectivity index is 1.54. The van der Waals surface area contributed by atoms with Crippen LogP contribution in [-0.4, -0.2) is 54.7 Å². The Morgan fingerprint density at radius 2 is 1.66 bits per heavy atom. The van der Waals surface area contributed by atoms with Gasteiger partial charge < -0.3 is 14.9 Å². The van der Waals surface area contributed by atoms with Crippen LogP contribution in [0.2, 0.25) is 0 Å². The molecule has 3 aromatic heterocycles. The van der Waals surface area contributed by atoms with Crippen molar-refractivity contribution in [1.29, 1.82) is 0 Å². The molecule has 1 atom stereocenters. The van der Waals surface area contributed by atoms with Crippen LogP contribution in [-0.2, 0) is 6.18 Å². The number of imidazole rings is 1. The van der Waals surface area contributed by atoms with E-state index in [1.54, 1.807) is 67.6 Å². The number of benzene rings is 2. The fourth-order valence-electron chi connectivity index (χ4n) is 4.20. The molecule has 1 unspecified atom stereocenters. The topological polar surface area (TPSA) is 126 Å². The number of nitrogens with one attached hydrogen (secondary N) is 2. The summed E-state index contributed by atoms with van der Waals surface area (Å²) in [5.41, 5.74) is 0.331. The van der Waals surface area contributed by atoms with E-state index < -0.39 is 30.5 Å². The van der Waals surface area contributed by atoms with Crippen molar-refractivity contribution in [3.63, 3.8) is 0 Å². The van der Waals surface area contributed by atoms with E-state index in [1.165, 1.54) is 21.3 Å². The smallest absolute Gasteiger partial charge is 0.419 e. The molecule has 5 aromatic rings. The fourth-order valence-corrected chi connectivity index (χ4v) is 4.20. The Morgan fingerprint density at radius 3 is 2.32 bits per heavy atom. The summed E-state index contributed by atoms with van der Waals surface area (Å²) in [6, 6.07) is 18.8. The molecule has 41 heavy (non-hydrogen) atoms. The van der Waals surface area contributed by atoms with Gasteiger partial charge in [-0.05, 0) is 31.2 Å². The van der Waals surface area contributed by atoms with Crippen LogP contribution < -0.4 is 15.4 Å². The normalized spacial score (nSPS) is 12.3. The molecule has 0 radical (unpaired) electrons.